The number of nitriles is 1. The van der Waals surface area contributed by atoms with E-state index in [9.17, 15) is 5.26 Å². The first kappa shape index (κ1) is 14.3. The molecule has 0 radical (unpaired) electrons. The Morgan fingerprint density at radius 1 is 1.35 bits per heavy atom. The fourth-order valence-corrected chi connectivity index (χ4v) is 4.52. The third kappa shape index (κ3) is 2.59. The summed E-state index contributed by atoms with van der Waals surface area (Å²) >= 11 is 0. The molecule has 1 aliphatic heterocycles. The fraction of sp³-hybridized carbons (Fsp3) is 0.938. The van der Waals surface area contributed by atoms with Gasteiger partial charge in [0.25, 0.3) is 0 Å². The van der Waals surface area contributed by atoms with Gasteiger partial charge in [-0.1, -0.05) is 19.8 Å². The second-order valence-electron chi connectivity index (χ2n) is 6.62. The van der Waals surface area contributed by atoms with Crippen LogP contribution < -0.4 is 5.32 Å². The van der Waals surface area contributed by atoms with Crippen LogP contribution in [0.5, 0.6) is 0 Å². The van der Waals surface area contributed by atoms with Gasteiger partial charge in [0.2, 0.25) is 0 Å². The largest absolute Gasteiger partial charge is 0.375 e. The highest BCUT2D eigenvalue weighted by atomic mass is 16.5. The van der Waals surface area contributed by atoms with Gasteiger partial charge in [-0.2, -0.15) is 5.26 Å². The van der Waals surface area contributed by atoms with E-state index in [0.29, 0.717) is 18.2 Å². The van der Waals surface area contributed by atoms with Crippen molar-refractivity contribution >= 4 is 0 Å². The molecule has 3 fully saturated rings. The maximum absolute atomic E-state index is 9.54. The highest BCUT2D eigenvalue weighted by Crippen LogP contribution is 2.37. The average molecular weight is 277 g/mol. The van der Waals surface area contributed by atoms with E-state index in [-0.39, 0.29) is 5.54 Å². The molecule has 0 spiro atoms. The van der Waals surface area contributed by atoms with Gasteiger partial charge in [0.15, 0.2) is 0 Å². The summed E-state index contributed by atoms with van der Waals surface area (Å²) in [7, 11) is 0. The average Bonchev–Trinajstić information content (AvgIpc) is 2.92. The third-order valence-corrected chi connectivity index (χ3v) is 5.46. The maximum Gasteiger partial charge on any atom is 0.108 e. The SMILES string of the molecule is CCNC1(C#N)CCC(N2CCOC3CCCCC32)C1. The molecule has 0 aromatic heterocycles. The number of fused-ring (bicyclic) bond motifs is 1. The molecule has 2 aliphatic carbocycles. The maximum atomic E-state index is 9.54. The lowest BCUT2D eigenvalue weighted by Gasteiger charge is -2.46. The molecule has 20 heavy (non-hydrogen) atoms. The molecule has 0 aromatic carbocycles. The zero-order valence-corrected chi connectivity index (χ0v) is 12.6. The van der Waals surface area contributed by atoms with Crippen LogP contribution in [-0.2, 0) is 4.74 Å². The molecule has 0 aromatic rings. The van der Waals surface area contributed by atoms with Crippen LogP contribution in [0, 0.1) is 11.3 Å². The molecule has 4 atom stereocenters. The topological polar surface area (TPSA) is 48.3 Å². The molecule has 4 heteroatoms. The number of nitrogens with zero attached hydrogens (tertiary/aromatic N) is 2. The van der Waals surface area contributed by atoms with E-state index in [1.54, 1.807) is 0 Å². The van der Waals surface area contributed by atoms with Crippen LogP contribution in [0.25, 0.3) is 0 Å². The van der Waals surface area contributed by atoms with Gasteiger partial charge >= 0.3 is 0 Å². The first-order valence-corrected chi connectivity index (χ1v) is 8.31. The first-order valence-electron chi connectivity index (χ1n) is 8.31. The highest BCUT2D eigenvalue weighted by Gasteiger charge is 2.45. The predicted octanol–water partition coefficient (Wildman–Crippen LogP) is 2.05. The Morgan fingerprint density at radius 3 is 3.00 bits per heavy atom. The molecule has 0 amide bonds. The van der Waals surface area contributed by atoms with Gasteiger partial charge in [0, 0.05) is 18.6 Å². The third-order valence-electron chi connectivity index (χ3n) is 5.46. The van der Waals surface area contributed by atoms with Crippen LogP contribution in [0.2, 0.25) is 0 Å². The summed E-state index contributed by atoms with van der Waals surface area (Å²) in [6, 6.07) is 3.73. The van der Waals surface area contributed by atoms with Crippen LogP contribution >= 0.6 is 0 Å². The van der Waals surface area contributed by atoms with Gasteiger partial charge in [0.1, 0.15) is 5.54 Å². The fourth-order valence-electron chi connectivity index (χ4n) is 4.52. The zero-order valence-electron chi connectivity index (χ0n) is 12.6. The minimum absolute atomic E-state index is 0.276. The quantitative estimate of drug-likeness (QED) is 0.858. The van der Waals surface area contributed by atoms with Crippen LogP contribution in [0.3, 0.4) is 0 Å². The Kier molecular flexibility index (Phi) is 4.30. The Hall–Kier alpha value is -0.630. The molecule has 4 nitrogen and oxygen atoms in total. The zero-order chi connectivity index (χ0) is 14.0. The summed E-state index contributed by atoms with van der Waals surface area (Å²) in [5.74, 6) is 0. The summed E-state index contributed by atoms with van der Waals surface area (Å²) in [6.07, 6.45) is 8.76. The molecule has 1 heterocycles. The summed E-state index contributed by atoms with van der Waals surface area (Å²) in [4.78, 5) is 2.68. The first-order chi connectivity index (χ1) is 9.78. The van der Waals surface area contributed by atoms with Crippen molar-refractivity contribution in [1.29, 1.82) is 5.26 Å². The van der Waals surface area contributed by atoms with E-state index >= 15 is 0 Å². The lowest BCUT2D eigenvalue weighted by Crippen LogP contribution is -2.56. The monoisotopic (exact) mass is 277 g/mol. The predicted molar refractivity (Wildman–Crippen MR) is 78.4 cm³/mol. The molecule has 4 unspecified atom stereocenters. The van der Waals surface area contributed by atoms with Crippen molar-refractivity contribution in [2.75, 3.05) is 19.7 Å². The van der Waals surface area contributed by atoms with Gasteiger partial charge in [-0.05, 0) is 38.6 Å². The van der Waals surface area contributed by atoms with Crippen molar-refractivity contribution in [2.24, 2.45) is 0 Å². The smallest absolute Gasteiger partial charge is 0.108 e. The van der Waals surface area contributed by atoms with Gasteiger partial charge in [0.05, 0.1) is 18.8 Å². The molecule has 3 aliphatic rings. The molecule has 1 saturated heterocycles. The molecule has 3 rings (SSSR count). The molecule has 1 N–H and O–H groups in total. The standard InChI is InChI=1S/C16H27N3O/c1-2-18-16(12-17)8-7-13(11-16)19-9-10-20-15-6-4-3-5-14(15)19/h13-15,18H,2-11H2,1H3. The highest BCUT2D eigenvalue weighted by molar-refractivity contribution is 5.14. The van der Waals surface area contributed by atoms with E-state index in [4.69, 9.17) is 4.74 Å². The van der Waals surface area contributed by atoms with Crippen molar-refractivity contribution < 1.29 is 4.74 Å². The van der Waals surface area contributed by atoms with Crippen molar-refractivity contribution in [3.8, 4) is 6.07 Å². The second kappa shape index (κ2) is 6.01. The minimum atomic E-state index is -0.276. The minimum Gasteiger partial charge on any atom is -0.375 e. The van der Waals surface area contributed by atoms with Crippen molar-refractivity contribution in [1.82, 2.24) is 10.2 Å². The number of nitrogens with one attached hydrogen (secondary N) is 1. The van der Waals surface area contributed by atoms with Crippen LogP contribution in [-0.4, -0.2) is 48.3 Å². The van der Waals surface area contributed by atoms with Gasteiger partial charge in [-0.15, -0.1) is 0 Å². The van der Waals surface area contributed by atoms with Gasteiger partial charge in [-0.25, -0.2) is 0 Å². The van der Waals surface area contributed by atoms with E-state index in [1.165, 1.54) is 25.7 Å². The summed E-state index contributed by atoms with van der Waals surface area (Å²) in [6.45, 7) is 4.91. The Morgan fingerprint density at radius 2 is 2.20 bits per heavy atom. The number of morpholine rings is 1. The number of rotatable bonds is 3. The number of hydrogen-bond acceptors (Lipinski definition) is 4. The Balaban J connectivity index is 1.68. The van der Waals surface area contributed by atoms with Crippen molar-refractivity contribution in [3.05, 3.63) is 0 Å². The van der Waals surface area contributed by atoms with Crippen molar-refractivity contribution in [2.45, 2.75) is 75.6 Å². The number of ether oxygens (including phenoxy) is 1. The van der Waals surface area contributed by atoms with Crippen molar-refractivity contribution in [3.63, 3.8) is 0 Å². The van der Waals surface area contributed by atoms with Crippen LogP contribution in [0.1, 0.15) is 51.9 Å². The summed E-state index contributed by atoms with van der Waals surface area (Å²) in [5, 5.41) is 13.0. The van der Waals surface area contributed by atoms with E-state index < -0.39 is 0 Å². The summed E-state index contributed by atoms with van der Waals surface area (Å²) < 4.78 is 5.98. The van der Waals surface area contributed by atoms with Crippen LogP contribution in [0.4, 0.5) is 0 Å². The molecule has 0 bridgehead atoms. The normalized spacial score (nSPS) is 42.1. The molecule has 112 valence electrons. The van der Waals surface area contributed by atoms with Crippen LogP contribution in [0.15, 0.2) is 0 Å². The Bertz CT molecular complexity index is 378. The van der Waals surface area contributed by atoms with E-state index in [1.807, 2.05) is 0 Å². The van der Waals surface area contributed by atoms with E-state index in [0.717, 1.165) is 39.0 Å². The van der Waals surface area contributed by atoms with Gasteiger partial charge < -0.3 is 4.74 Å². The lowest BCUT2D eigenvalue weighted by atomic mass is 9.88. The molecular weight excluding hydrogens is 250 g/mol. The lowest BCUT2D eigenvalue weighted by molar-refractivity contribution is -0.102. The molecular formula is C16H27N3O. The molecule has 2 saturated carbocycles. The second-order valence-corrected chi connectivity index (χ2v) is 6.62. The number of hydrogen-bond donors (Lipinski definition) is 1. The van der Waals surface area contributed by atoms with E-state index in [2.05, 4.69) is 23.2 Å². The summed E-state index contributed by atoms with van der Waals surface area (Å²) in [5.41, 5.74) is -0.276. The Labute approximate surface area is 122 Å². The van der Waals surface area contributed by atoms with Gasteiger partial charge in [-0.3, -0.25) is 10.2 Å².